The summed E-state index contributed by atoms with van der Waals surface area (Å²) < 4.78 is 5.88. The predicted octanol–water partition coefficient (Wildman–Crippen LogP) is 3.93. The van der Waals surface area contributed by atoms with E-state index in [1.807, 2.05) is 13.1 Å². The molecule has 0 bridgehead atoms. The Morgan fingerprint density at radius 3 is 2.47 bits per heavy atom. The number of halogens is 1. The molecule has 4 heteroatoms. The number of alkyl halides is 1. The van der Waals surface area contributed by atoms with E-state index in [-0.39, 0.29) is 5.60 Å². The Labute approximate surface area is 101 Å². The molecule has 2 nitrogen and oxygen atoms in total. The fourth-order valence-electron chi connectivity index (χ4n) is 1.67. The molecule has 86 valence electrons. The van der Waals surface area contributed by atoms with Crippen molar-refractivity contribution in [1.29, 1.82) is 0 Å². The van der Waals surface area contributed by atoms with Crippen LogP contribution in [-0.4, -0.2) is 11.6 Å². The number of hydrogen-bond donors (Lipinski definition) is 0. The van der Waals surface area contributed by atoms with Crippen molar-refractivity contribution in [1.82, 2.24) is 4.98 Å². The number of thiazole rings is 1. The Balaban J connectivity index is 2.96. The van der Waals surface area contributed by atoms with E-state index in [4.69, 9.17) is 16.3 Å². The molecule has 15 heavy (non-hydrogen) atoms. The van der Waals surface area contributed by atoms with E-state index < -0.39 is 0 Å². The van der Waals surface area contributed by atoms with Crippen LogP contribution in [0.3, 0.4) is 0 Å². The molecule has 1 heterocycles. The topological polar surface area (TPSA) is 22.1 Å². The van der Waals surface area contributed by atoms with Gasteiger partial charge in [-0.2, -0.15) is 0 Å². The molecule has 0 radical (unpaired) electrons. The smallest absolute Gasteiger partial charge is 0.125 e. The van der Waals surface area contributed by atoms with Gasteiger partial charge in [-0.05, 0) is 19.8 Å². The van der Waals surface area contributed by atoms with Crippen molar-refractivity contribution >= 4 is 22.9 Å². The number of rotatable bonds is 6. The molecule has 0 saturated heterocycles. The summed E-state index contributed by atoms with van der Waals surface area (Å²) in [6.45, 7) is 7.02. The van der Waals surface area contributed by atoms with Crippen molar-refractivity contribution in [2.24, 2.45) is 0 Å². The lowest BCUT2D eigenvalue weighted by atomic mass is 9.98. The first-order chi connectivity index (χ1) is 7.22. The number of hydrogen-bond acceptors (Lipinski definition) is 3. The molecular weight excluding hydrogens is 230 g/mol. The minimum Gasteiger partial charge on any atom is -0.368 e. The number of nitrogens with zero attached hydrogens (tertiary/aromatic N) is 1. The van der Waals surface area contributed by atoms with Crippen molar-refractivity contribution in [2.75, 3.05) is 6.61 Å². The molecule has 0 saturated carbocycles. The second-order valence-electron chi connectivity index (χ2n) is 3.40. The summed E-state index contributed by atoms with van der Waals surface area (Å²) in [5, 5.41) is 1.06. The quantitative estimate of drug-likeness (QED) is 0.711. The third-order valence-electron chi connectivity index (χ3n) is 2.64. The molecule has 1 rings (SSSR count). The predicted molar refractivity (Wildman–Crippen MR) is 65.6 cm³/mol. The molecule has 0 fully saturated rings. The molecule has 1 aromatic rings. The van der Waals surface area contributed by atoms with Gasteiger partial charge in [0.05, 0.1) is 5.88 Å². The van der Waals surface area contributed by atoms with Crippen LogP contribution in [0, 0.1) is 0 Å². The van der Waals surface area contributed by atoms with Gasteiger partial charge in [-0.3, -0.25) is 0 Å². The first kappa shape index (κ1) is 12.9. The van der Waals surface area contributed by atoms with Gasteiger partial charge in [-0.25, -0.2) is 4.98 Å². The number of aromatic nitrogens is 1. The summed E-state index contributed by atoms with van der Waals surface area (Å²) in [6.07, 6.45) is 3.76. The molecule has 0 aliphatic heterocycles. The Morgan fingerprint density at radius 1 is 1.40 bits per heavy atom. The average Bonchev–Trinajstić information content (AvgIpc) is 2.75. The van der Waals surface area contributed by atoms with E-state index in [0.29, 0.717) is 5.88 Å². The Morgan fingerprint density at radius 2 is 2.07 bits per heavy atom. The van der Waals surface area contributed by atoms with E-state index in [1.54, 1.807) is 11.3 Å². The van der Waals surface area contributed by atoms with E-state index >= 15 is 0 Å². The third kappa shape index (κ3) is 2.71. The normalized spacial score (nSPS) is 12.0. The lowest BCUT2D eigenvalue weighted by Crippen LogP contribution is -2.28. The summed E-state index contributed by atoms with van der Waals surface area (Å²) in [5.41, 5.74) is -0.205. The maximum absolute atomic E-state index is 5.88. The van der Waals surface area contributed by atoms with Crippen molar-refractivity contribution in [3.8, 4) is 0 Å². The molecule has 0 aromatic carbocycles. The van der Waals surface area contributed by atoms with Crippen LogP contribution < -0.4 is 0 Å². The maximum Gasteiger partial charge on any atom is 0.125 e. The van der Waals surface area contributed by atoms with Gasteiger partial charge in [0, 0.05) is 17.7 Å². The summed E-state index contributed by atoms with van der Waals surface area (Å²) >= 11 is 7.44. The van der Waals surface area contributed by atoms with Gasteiger partial charge in [0.1, 0.15) is 10.6 Å². The van der Waals surface area contributed by atoms with Crippen LogP contribution in [0.2, 0.25) is 0 Å². The molecule has 0 N–H and O–H groups in total. The highest BCUT2D eigenvalue weighted by Gasteiger charge is 2.32. The Bertz CT molecular complexity index is 297. The summed E-state index contributed by atoms with van der Waals surface area (Å²) in [7, 11) is 0. The fourth-order valence-corrected chi connectivity index (χ4v) is 2.95. The largest absolute Gasteiger partial charge is 0.368 e. The zero-order valence-electron chi connectivity index (χ0n) is 9.55. The van der Waals surface area contributed by atoms with Gasteiger partial charge in [-0.1, -0.05) is 13.8 Å². The van der Waals surface area contributed by atoms with E-state index in [0.717, 1.165) is 29.3 Å². The first-order valence-corrected chi connectivity index (χ1v) is 6.72. The van der Waals surface area contributed by atoms with Gasteiger partial charge in [0.25, 0.3) is 0 Å². The Kier molecular flexibility index (Phi) is 5.03. The molecule has 1 aromatic heterocycles. The lowest BCUT2D eigenvalue weighted by Gasteiger charge is -2.29. The molecular formula is C11H18ClNOS. The highest BCUT2D eigenvalue weighted by Crippen LogP contribution is 2.35. The van der Waals surface area contributed by atoms with Crippen LogP contribution in [-0.2, 0) is 16.2 Å². The molecule has 0 unspecified atom stereocenters. The first-order valence-electron chi connectivity index (χ1n) is 5.37. The Hall–Kier alpha value is -0.120. The van der Waals surface area contributed by atoms with E-state index in [1.165, 1.54) is 0 Å². The minimum atomic E-state index is -0.205. The third-order valence-corrected chi connectivity index (χ3v) is 4.27. The summed E-state index contributed by atoms with van der Waals surface area (Å²) in [6, 6.07) is 0. The second-order valence-corrected chi connectivity index (χ2v) is 4.78. The van der Waals surface area contributed by atoms with Gasteiger partial charge < -0.3 is 4.74 Å². The van der Waals surface area contributed by atoms with Gasteiger partial charge in [-0.15, -0.1) is 22.9 Å². The van der Waals surface area contributed by atoms with Crippen LogP contribution in [0.1, 0.15) is 43.5 Å². The molecule has 0 amide bonds. The van der Waals surface area contributed by atoms with Crippen molar-refractivity contribution in [2.45, 2.75) is 45.1 Å². The van der Waals surface area contributed by atoms with Gasteiger partial charge in [0.15, 0.2) is 0 Å². The summed E-state index contributed by atoms with van der Waals surface area (Å²) in [5.74, 6) is 0.535. The van der Waals surface area contributed by atoms with Crippen LogP contribution in [0.15, 0.2) is 6.20 Å². The van der Waals surface area contributed by atoms with E-state index in [2.05, 4.69) is 18.8 Å². The monoisotopic (exact) mass is 247 g/mol. The zero-order valence-corrected chi connectivity index (χ0v) is 11.1. The zero-order chi connectivity index (χ0) is 11.3. The SMILES string of the molecule is CCOC(CC)(CC)c1ncc(CCl)s1. The summed E-state index contributed by atoms with van der Waals surface area (Å²) in [4.78, 5) is 5.54. The highest BCUT2D eigenvalue weighted by molar-refractivity contribution is 7.11. The highest BCUT2D eigenvalue weighted by atomic mass is 35.5. The van der Waals surface area contributed by atoms with E-state index in [9.17, 15) is 0 Å². The standard InChI is InChI=1S/C11H18ClNOS/c1-4-11(5-2,14-6-3)10-13-8-9(7-12)15-10/h8H,4-7H2,1-3H3. The fraction of sp³-hybridized carbons (Fsp3) is 0.727. The van der Waals surface area contributed by atoms with Crippen LogP contribution in [0.25, 0.3) is 0 Å². The van der Waals surface area contributed by atoms with Crippen LogP contribution >= 0.6 is 22.9 Å². The van der Waals surface area contributed by atoms with Crippen molar-refractivity contribution in [3.05, 3.63) is 16.1 Å². The second kappa shape index (κ2) is 5.83. The van der Waals surface area contributed by atoms with Crippen molar-refractivity contribution < 1.29 is 4.74 Å². The molecule has 0 atom stereocenters. The lowest BCUT2D eigenvalue weighted by molar-refractivity contribution is -0.0506. The molecule has 0 aliphatic rings. The van der Waals surface area contributed by atoms with Gasteiger partial charge in [0.2, 0.25) is 0 Å². The molecule has 0 spiro atoms. The minimum absolute atomic E-state index is 0.205. The molecule has 0 aliphatic carbocycles. The van der Waals surface area contributed by atoms with Crippen LogP contribution in [0.5, 0.6) is 0 Å². The maximum atomic E-state index is 5.88. The van der Waals surface area contributed by atoms with Gasteiger partial charge >= 0.3 is 0 Å². The van der Waals surface area contributed by atoms with Crippen LogP contribution in [0.4, 0.5) is 0 Å². The number of ether oxygens (including phenoxy) is 1. The average molecular weight is 248 g/mol. The van der Waals surface area contributed by atoms with Crippen molar-refractivity contribution in [3.63, 3.8) is 0 Å².